The minimum absolute atomic E-state index is 0.00598. The van der Waals surface area contributed by atoms with E-state index in [9.17, 15) is 58.2 Å². The van der Waals surface area contributed by atoms with Gasteiger partial charge in [-0.1, -0.05) is 30.3 Å². The summed E-state index contributed by atoms with van der Waals surface area (Å²) < 4.78 is 0. The Morgan fingerprint density at radius 1 is 0.877 bits per heavy atom. The Morgan fingerprint density at radius 3 is 2.17 bits per heavy atom. The van der Waals surface area contributed by atoms with Gasteiger partial charge in [0.1, 0.15) is 41.3 Å². The molecule has 1 aliphatic heterocycles. The van der Waals surface area contributed by atoms with Gasteiger partial charge in [-0.25, -0.2) is 0 Å². The van der Waals surface area contributed by atoms with Crippen LogP contribution in [0, 0.1) is 17.8 Å². The van der Waals surface area contributed by atoms with E-state index in [0.29, 0.717) is 5.56 Å². The van der Waals surface area contributed by atoms with Crippen molar-refractivity contribution in [1.29, 1.82) is 0 Å². The third-order valence-corrected chi connectivity index (χ3v) is 11.0. The number of nitrogens with zero attached hydrogens (tertiary/aromatic N) is 1. The van der Waals surface area contributed by atoms with E-state index in [0.717, 1.165) is 0 Å². The maximum absolute atomic E-state index is 14.0. The Kier molecular flexibility index (Phi) is 24.4. The number of hydrogen-bond donors (Lipinski definition) is 10. The fourth-order valence-corrected chi connectivity index (χ4v) is 7.19. The second-order valence-corrected chi connectivity index (χ2v) is 16.5. The van der Waals surface area contributed by atoms with Gasteiger partial charge >= 0.3 is 0 Å². The van der Waals surface area contributed by atoms with Crippen LogP contribution in [0.4, 0.5) is 0 Å². The van der Waals surface area contributed by atoms with Crippen molar-refractivity contribution in [2.75, 3.05) is 26.2 Å². The summed E-state index contributed by atoms with van der Waals surface area (Å²) in [6.45, 7) is 3.04. The standard InChI is InChI=1S/C44H67N9O12/c1-25(54)32(26(2)55)22-37(59)29-11-7-17-48-39(61)16-14-35(51-40(62)15-13-30(57)23-45)43(65)52-34(12-8-18-49-44(46)47)42(64)53-36(19-28-9-5-4-6-10-28)41(63)50-24-31(58)21-33(27(3)56)38(60)20-29/h4-6,9-10,25,27,29,32-36,54,56H,7-8,11-24,45H2,1-3H3,(H,48,61)(H,50,63)(H,51,62)(H,52,65)(H,53,64)(H4,46,47,49)/t25-,27-,29-,32+,33+,34+,35+,36+/m1/s1. The second kappa shape index (κ2) is 28.8. The van der Waals surface area contributed by atoms with Crippen LogP contribution in [0.3, 0.4) is 0 Å². The molecule has 1 heterocycles. The van der Waals surface area contributed by atoms with Crippen LogP contribution in [0.25, 0.3) is 0 Å². The van der Waals surface area contributed by atoms with E-state index in [1.807, 2.05) is 0 Å². The maximum atomic E-state index is 14.0. The third-order valence-electron chi connectivity index (χ3n) is 11.0. The van der Waals surface area contributed by atoms with E-state index in [1.54, 1.807) is 30.3 Å². The van der Waals surface area contributed by atoms with Gasteiger partial charge in [-0.15, -0.1) is 0 Å². The van der Waals surface area contributed by atoms with Crippen molar-refractivity contribution in [3.05, 3.63) is 35.9 Å². The van der Waals surface area contributed by atoms with E-state index < -0.39 is 126 Å². The molecule has 13 N–H and O–H groups in total. The van der Waals surface area contributed by atoms with Gasteiger partial charge in [0.15, 0.2) is 11.7 Å². The van der Waals surface area contributed by atoms with E-state index in [2.05, 4.69) is 31.6 Å². The number of nitrogens with one attached hydrogen (secondary N) is 5. The van der Waals surface area contributed by atoms with Crippen molar-refractivity contribution < 1.29 is 58.2 Å². The number of benzene rings is 1. The molecular weight excluding hydrogens is 847 g/mol. The SMILES string of the molecule is CC(=O)[C@@H](CC(=O)[C@@H]1CCCNC(=O)CC[C@H](NC(=O)CCC(=O)CN)C(=O)N[C@@H](CCCN=C(N)N)C(=O)N[C@@H](Cc2ccccc2)C(=O)NCC(=O)C[C@@H]([C@@H](C)O)C(=O)C1)[C@@H](C)O. The normalized spacial score (nSPS) is 22.7. The lowest BCUT2D eigenvalue weighted by Gasteiger charge is -2.25. The molecule has 5 amide bonds. The number of aliphatic hydroxyl groups is 2. The lowest BCUT2D eigenvalue weighted by atomic mass is 9.81. The number of ketones is 5. The Labute approximate surface area is 378 Å². The van der Waals surface area contributed by atoms with Crippen molar-refractivity contribution in [3.63, 3.8) is 0 Å². The molecule has 1 fully saturated rings. The highest BCUT2D eigenvalue weighted by molar-refractivity contribution is 5.97. The molecule has 1 aromatic carbocycles. The average Bonchev–Trinajstić information content (AvgIpc) is 3.25. The highest BCUT2D eigenvalue weighted by Crippen LogP contribution is 2.24. The zero-order valence-electron chi connectivity index (χ0n) is 37.5. The Bertz CT molecular complexity index is 1850. The number of rotatable bonds is 17. The fourth-order valence-electron chi connectivity index (χ4n) is 7.19. The summed E-state index contributed by atoms with van der Waals surface area (Å²) >= 11 is 0. The first-order valence-corrected chi connectivity index (χ1v) is 21.9. The summed E-state index contributed by atoms with van der Waals surface area (Å²) in [4.78, 5) is 137. The number of amides is 5. The van der Waals surface area contributed by atoms with Crippen LogP contribution in [-0.4, -0.2) is 131 Å². The summed E-state index contributed by atoms with van der Waals surface area (Å²) in [5, 5.41) is 33.8. The van der Waals surface area contributed by atoms with E-state index in [1.165, 1.54) is 20.8 Å². The summed E-state index contributed by atoms with van der Waals surface area (Å²) in [5.74, 6) is -9.98. The zero-order chi connectivity index (χ0) is 48.6. The zero-order valence-corrected chi connectivity index (χ0v) is 37.5. The molecule has 0 unspecified atom stereocenters. The number of nitrogens with two attached hydrogens (primary N) is 3. The predicted molar refractivity (Wildman–Crippen MR) is 237 cm³/mol. The molecule has 360 valence electrons. The fraction of sp³-hybridized carbons (Fsp3) is 0.614. The number of aliphatic imine (C=N–C) groups is 1. The largest absolute Gasteiger partial charge is 0.393 e. The molecule has 0 spiro atoms. The number of aliphatic hydroxyl groups excluding tert-OH is 2. The van der Waals surface area contributed by atoms with Gasteiger partial charge in [0.25, 0.3) is 0 Å². The number of hydrogen-bond acceptors (Lipinski definition) is 14. The lowest BCUT2D eigenvalue weighted by Crippen LogP contribution is -2.57. The molecule has 0 bridgehead atoms. The van der Waals surface area contributed by atoms with Crippen molar-refractivity contribution in [2.45, 2.75) is 128 Å². The Morgan fingerprint density at radius 2 is 1.55 bits per heavy atom. The molecule has 1 aliphatic rings. The Balaban J connectivity index is 2.58. The van der Waals surface area contributed by atoms with E-state index in [4.69, 9.17) is 17.2 Å². The first kappa shape index (κ1) is 55.2. The molecule has 0 aromatic heterocycles. The minimum atomic E-state index is -1.40. The predicted octanol–water partition coefficient (Wildman–Crippen LogP) is -2.07. The summed E-state index contributed by atoms with van der Waals surface area (Å²) in [7, 11) is 0. The summed E-state index contributed by atoms with van der Waals surface area (Å²) in [5.41, 5.74) is 16.9. The number of carbonyl (C=O) groups is 10. The lowest BCUT2D eigenvalue weighted by molar-refractivity contribution is -0.136. The van der Waals surface area contributed by atoms with Crippen LogP contribution in [0.1, 0.15) is 97.0 Å². The molecule has 1 aromatic rings. The minimum Gasteiger partial charge on any atom is -0.393 e. The first-order chi connectivity index (χ1) is 30.7. The third kappa shape index (κ3) is 21.1. The Hall–Kier alpha value is -5.93. The molecule has 21 nitrogen and oxygen atoms in total. The highest BCUT2D eigenvalue weighted by Gasteiger charge is 2.34. The monoisotopic (exact) mass is 913 g/mol. The average molecular weight is 914 g/mol. The van der Waals surface area contributed by atoms with Crippen molar-refractivity contribution in [1.82, 2.24) is 26.6 Å². The quantitative estimate of drug-likeness (QED) is 0.0456. The molecule has 0 aliphatic carbocycles. The molecule has 0 saturated carbocycles. The van der Waals surface area contributed by atoms with Gasteiger partial charge in [0, 0.05) is 69.9 Å². The molecule has 0 radical (unpaired) electrons. The summed E-state index contributed by atoms with van der Waals surface area (Å²) in [6, 6.07) is 4.50. The van der Waals surface area contributed by atoms with E-state index >= 15 is 0 Å². The first-order valence-electron chi connectivity index (χ1n) is 21.9. The van der Waals surface area contributed by atoms with Gasteiger partial charge in [-0.3, -0.25) is 52.9 Å². The van der Waals surface area contributed by atoms with Crippen LogP contribution in [0.5, 0.6) is 0 Å². The number of Topliss-reactive ketones (excluding diaryl/α,β-unsaturated/α-hetero) is 5. The molecular formula is C44H67N9O12. The molecule has 2 rings (SSSR count). The summed E-state index contributed by atoms with van der Waals surface area (Å²) in [6.07, 6.45) is -4.76. The molecule has 21 heteroatoms. The molecule has 1 saturated heterocycles. The highest BCUT2D eigenvalue weighted by atomic mass is 16.3. The van der Waals surface area contributed by atoms with Gasteiger partial charge in [-0.05, 0) is 58.4 Å². The van der Waals surface area contributed by atoms with Gasteiger partial charge in [-0.2, -0.15) is 0 Å². The van der Waals surface area contributed by atoms with Crippen LogP contribution >= 0.6 is 0 Å². The van der Waals surface area contributed by atoms with Crippen molar-refractivity contribution >= 4 is 64.4 Å². The van der Waals surface area contributed by atoms with Crippen molar-refractivity contribution in [3.8, 4) is 0 Å². The number of guanidine groups is 1. The smallest absolute Gasteiger partial charge is 0.243 e. The molecule has 8 atom stereocenters. The van der Waals surface area contributed by atoms with Crippen molar-refractivity contribution in [2.24, 2.45) is 39.9 Å². The van der Waals surface area contributed by atoms with E-state index in [-0.39, 0.29) is 89.8 Å². The topological polar surface area (TPSA) is 362 Å². The van der Waals surface area contributed by atoms with Gasteiger partial charge in [0.05, 0.1) is 31.2 Å². The van der Waals surface area contributed by atoms with Gasteiger partial charge < -0.3 is 54.0 Å². The van der Waals surface area contributed by atoms with Crippen LogP contribution in [0.2, 0.25) is 0 Å². The second-order valence-electron chi connectivity index (χ2n) is 16.5. The van der Waals surface area contributed by atoms with Gasteiger partial charge in [0.2, 0.25) is 29.5 Å². The van der Waals surface area contributed by atoms with Crippen LogP contribution in [0.15, 0.2) is 35.3 Å². The maximum Gasteiger partial charge on any atom is 0.243 e. The van der Waals surface area contributed by atoms with Crippen LogP contribution < -0.4 is 43.8 Å². The molecule has 65 heavy (non-hydrogen) atoms. The number of carbonyl (C=O) groups excluding carboxylic acids is 10. The van der Waals surface area contributed by atoms with Crippen LogP contribution in [-0.2, 0) is 54.4 Å².